The van der Waals surface area contributed by atoms with Crippen molar-refractivity contribution >= 4 is 17.9 Å². The first-order valence-electron chi connectivity index (χ1n) is 26.0. The summed E-state index contributed by atoms with van der Waals surface area (Å²) in [6.07, 6.45) is 71.9. The van der Waals surface area contributed by atoms with E-state index >= 15 is 0 Å². The summed E-state index contributed by atoms with van der Waals surface area (Å²) in [5, 5.41) is 0. The van der Waals surface area contributed by atoms with Crippen LogP contribution in [0.2, 0.25) is 0 Å². The molecule has 1 unspecified atom stereocenters. The summed E-state index contributed by atoms with van der Waals surface area (Å²) in [5.74, 6) is -1.04. The predicted octanol–water partition coefficient (Wildman–Crippen LogP) is 17.3. The molecule has 0 aromatic heterocycles. The van der Waals surface area contributed by atoms with Crippen molar-refractivity contribution in [3.63, 3.8) is 0 Å². The first kappa shape index (κ1) is 60.8. The lowest BCUT2D eigenvalue weighted by Crippen LogP contribution is -2.30. The Labute approximate surface area is 399 Å². The van der Waals surface area contributed by atoms with Gasteiger partial charge in [0.25, 0.3) is 0 Å². The van der Waals surface area contributed by atoms with Crippen molar-refractivity contribution < 1.29 is 28.6 Å². The van der Waals surface area contributed by atoms with E-state index in [0.29, 0.717) is 19.3 Å². The molecule has 6 nitrogen and oxygen atoms in total. The zero-order valence-electron chi connectivity index (χ0n) is 41.7. The van der Waals surface area contributed by atoms with Gasteiger partial charge in [0.15, 0.2) is 6.10 Å². The summed E-state index contributed by atoms with van der Waals surface area (Å²) >= 11 is 0. The standard InChI is InChI=1S/C59H94O6/c1-4-7-10-13-16-19-22-25-27-29-30-31-33-34-37-40-43-46-49-52-58(61)64-55-56(54-63-57(60)51-48-45-42-39-36-24-21-18-15-12-9-6-3)65-59(62)53-50-47-44-41-38-35-32-28-26-23-20-17-14-11-8-5-2/h7-8,10-11,16-17,19-20,25-28,30-31,34-35,37-38,44,47,56H,4-6,9,12-15,18,21-24,29,32-33,36,39-43,45-46,48-55H2,1-3H3/b10-7-,11-8-,19-16-,20-17-,27-25-,28-26-,31-30-,37-34-,38-35-,47-44-. The van der Waals surface area contributed by atoms with Crippen molar-refractivity contribution in [2.75, 3.05) is 13.2 Å². The lowest BCUT2D eigenvalue weighted by atomic mass is 10.0. The molecule has 0 amide bonds. The van der Waals surface area contributed by atoms with E-state index in [1.54, 1.807) is 0 Å². The van der Waals surface area contributed by atoms with Gasteiger partial charge in [0.1, 0.15) is 13.2 Å². The SMILES string of the molecule is CC/C=C\C/C=C\C/C=C\C/C=C\C/C=C\CCCCCC(=O)OCC(COC(=O)CCCCCCCCCCCCCC)OC(=O)CC/C=C\C/C=C\C/C=C\C/C=C\C/C=C\CC. The smallest absolute Gasteiger partial charge is 0.306 e. The van der Waals surface area contributed by atoms with Gasteiger partial charge >= 0.3 is 17.9 Å². The number of unbranched alkanes of at least 4 members (excludes halogenated alkanes) is 14. The number of rotatable bonds is 45. The van der Waals surface area contributed by atoms with Gasteiger partial charge in [-0.2, -0.15) is 0 Å². The Morgan fingerprint density at radius 1 is 0.323 bits per heavy atom. The Morgan fingerprint density at radius 3 is 1.00 bits per heavy atom. The fourth-order valence-electron chi connectivity index (χ4n) is 6.63. The molecule has 0 aliphatic carbocycles. The monoisotopic (exact) mass is 899 g/mol. The van der Waals surface area contributed by atoms with Crippen LogP contribution in [-0.2, 0) is 28.6 Å². The summed E-state index contributed by atoms with van der Waals surface area (Å²) in [7, 11) is 0. The fraction of sp³-hybridized carbons (Fsp3) is 0.610. The summed E-state index contributed by atoms with van der Waals surface area (Å²) in [6.45, 7) is 6.30. The van der Waals surface area contributed by atoms with E-state index in [-0.39, 0.29) is 31.6 Å². The molecule has 0 bridgehead atoms. The number of carbonyl (C=O) groups is 3. The molecule has 0 aromatic carbocycles. The van der Waals surface area contributed by atoms with E-state index in [1.165, 1.54) is 57.8 Å². The summed E-state index contributed by atoms with van der Waals surface area (Å²) in [5.41, 5.74) is 0. The van der Waals surface area contributed by atoms with E-state index in [2.05, 4.69) is 130 Å². The van der Waals surface area contributed by atoms with E-state index in [4.69, 9.17) is 14.2 Å². The lowest BCUT2D eigenvalue weighted by molar-refractivity contribution is -0.166. The van der Waals surface area contributed by atoms with E-state index < -0.39 is 12.1 Å². The van der Waals surface area contributed by atoms with Crippen molar-refractivity contribution in [2.24, 2.45) is 0 Å². The quantitative estimate of drug-likeness (QED) is 0.0262. The third-order valence-corrected chi connectivity index (χ3v) is 10.5. The largest absolute Gasteiger partial charge is 0.462 e. The van der Waals surface area contributed by atoms with Gasteiger partial charge in [0, 0.05) is 19.3 Å². The Bertz CT molecular complexity index is 1400. The third kappa shape index (κ3) is 50.7. The lowest BCUT2D eigenvalue weighted by Gasteiger charge is -2.18. The topological polar surface area (TPSA) is 78.9 Å². The van der Waals surface area contributed by atoms with E-state index in [1.807, 2.05) is 12.2 Å². The van der Waals surface area contributed by atoms with Crippen molar-refractivity contribution in [3.8, 4) is 0 Å². The molecule has 0 fully saturated rings. The number of ether oxygens (including phenoxy) is 3. The second-order valence-electron chi connectivity index (χ2n) is 16.7. The first-order valence-corrected chi connectivity index (χ1v) is 26.0. The van der Waals surface area contributed by atoms with Crippen LogP contribution >= 0.6 is 0 Å². The molecule has 0 saturated heterocycles. The number of allylic oxidation sites excluding steroid dienone is 20. The molecular formula is C59H94O6. The van der Waals surface area contributed by atoms with Crippen LogP contribution in [0.1, 0.15) is 213 Å². The third-order valence-electron chi connectivity index (χ3n) is 10.5. The maximum absolute atomic E-state index is 12.8. The van der Waals surface area contributed by atoms with Gasteiger partial charge < -0.3 is 14.2 Å². The second-order valence-corrected chi connectivity index (χ2v) is 16.7. The molecule has 0 saturated carbocycles. The van der Waals surface area contributed by atoms with Gasteiger partial charge in [-0.1, -0.05) is 219 Å². The molecule has 366 valence electrons. The van der Waals surface area contributed by atoms with Crippen LogP contribution in [0.5, 0.6) is 0 Å². The Kier molecular flexibility index (Phi) is 49.1. The van der Waals surface area contributed by atoms with Crippen LogP contribution in [0.3, 0.4) is 0 Å². The second kappa shape index (κ2) is 52.4. The van der Waals surface area contributed by atoms with Gasteiger partial charge in [0.05, 0.1) is 0 Å². The highest BCUT2D eigenvalue weighted by atomic mass is 16.6. The molecule has 65 heavy (non-hydrogen) atoms. The molecule has 0 heterocycles. The molecule has 0 aromatic rings. The normalized spacial score (nSPS) is 13.1. The number of hydrogen-bond donors (Lipinski definition) is 0. The molecular weight excluding hydrogens is 805 g/mol. The predicted molar refractivity (Wildman–Crippen MR) is 279 cm³/mol. The van der Waals surface area contributed by atoms with Gasteiger partial charge in [-0.25, -0.2) is 0 Å². The van der Waals surface area contributed by atoms with Crippen LogP contribution < -0.4 is 0 Å². The minimum Gasteiger partial charge on any atom is -0.462 e. The molecule has 0 N–H and O–H groups in total. The van der Waals surface area contributed by atoms with Gasteiger partial charge in [0.2, 0.25) is 0 Å². The first-order chi connectivity index (χ1) is 32.0. The minimum absolute atomic E-state index is 0.120. The van der Waals surface area contributed by atoms with Crippen LogP contribution in [-0.4, -0.2) is 37.2 Å². The highest BCUT2D eigenvalue weighted by molar-refractivity contribution is 5.71. The van der Waals surface area contributed by atoms with Gasteiger partial charge in [-0.3, -0.25) is 14.4 Å². The maximum atomic E-state index is 12.8. The molecule has 0 radical (unpaired) electrons. The zero-order valence-corrected chi connectivity index (χ0v) is 41.7. The average Bonchev–Trinajstić information content (AvgIpc) is 3.30. The number of esters is 3. The number of carbonyl (C=O) groups excluding carboxylic acids is 3. The summed E-state index contributed by atoms with van der Waals surface area (Å²) in [4.78, 5) is 38.0. The van der Waals surface area contributed by atoms with E-state index in [9.17, 15) is 14.4 Å². The minimum atomic E-state index is -0.832. The van der Waals surface area contributed by atoms with Crippen LogP contribution in [0, 0.1) is 0 Å². The zero-order chi connectivity index (χ0) is 47.2. The molecule has 1 atom stereocenters. The molecule has 6 heteroatoms. The van der Waals surface area contributed by atoms with Crippen LogP contribution in [0.4, 0.5) is 0 Å². The molecule has 0 rings (SSSR count). The number of hydrogen-bond acceptors (Lipinski definition) is 6. The highest BCUT2D eigenvalue weighted by Gasteiger charge is 2.19. The van der Waals surface area contributed by atoms with Crippen molar-refractivity contribution in [2.45, 2.75) is 219 Å². The Hall–Kier alpha value is -4.19. The molecule has 0 aliphatic heterocycles. The Balaban J connectivity index is 4.56. The van der Waals surface area contributed by atoms with Crippen molar-refractivity contribution in [3.05, 3.63) is 122 Å². The maximum Gasteiger partial charge on any atom is 0.306 e. The molecule has 0 aliphatic rings. The Morgan fingerprint density at radius 2 is 0.631 bits per heavy atom. The molecule has 0 spiro atoms. The highest BCUT2D eigenvalue weighted by Crippen LogP contribution is 2.13. The van der Waals surface area contributed by atoms with Gasteiger partial charge in [-0.05, 0) is 96.3 Å². The average molecular weight is 899 g/mol. The summed E-state index contributed by atoms with van der Waals surface area (Å²) in [6, 6.07) is 0. The fourth-order valence-corrected chi connectivity index (χ4v) is 6.63. The van der Waals surface area contributed by atoms with Crippen molar-refractivity contribution in [1.82, 2.24) is 0 Å². The van der Waals surface area contributed by atoms with Crippen LogP contribution in [0.25, 0.3) is 0 Å². The van der Waals surface area contributed by atoms with Gasteiger partial charge in [-0.15, -0.1) is 0 Å². The van der Waals surface area contributed by atoms with Crippen LogP contribution in [0.15, 0.2) is 122 Å². The van der Waals surface area contributed by atoms with Crippen molar-refractivity contribution in [1.29, 1.82) is 0 Å². The summed E-state index contributed by atoms with van der Waals surface area (Å²) < 4.78 is 16.7. The van der Waals surface area contributed by atoms with E-state index in [0.717, 1.165) is 109 Å².